The first-order chi connectivity index (χ1) is 15.7. The van der Waals surface area contributed by atoms with E-state index in [2.05, 4.69) is 32.5 Å². The second-order valence-electron chi connectivity index (χ2n) is 7.72. The van der Waals surface area contributed by atoms with Crippen LogP contribution in [-0.2, 0) is 11.2 Å². The van der Waals surface area contributed by atoms with Crippen molar-refractivity contribution in [1.29, 1.82) is 0 Å². The van der Waals surface area contributed by atoms with Crippen LogP contribution in [0.25, 0.3) is 11.4 Å². The minimum atomic E-state index is -0.179. The SMILES string of the molecule is COc1ccc(OC)c(NC(=O)CCc2nc(-c3ccc(N4CCCCC4)cc3)no2)c1. The molecule has 0 aliphatic carbocycles. The number of ether oxygens (including phenoxy) is 2. The highest BCUT2D eigenvalue weighted by atomic mass is 16.5. The molecule has 1 aliphatic rings. The molecule has 168 valence electrons. The van der Waals surface area contributed by atoms with Crippen molar-refractivity contribution in [3.8, 4) is 22.9 Å². The summed E-state index contributed by atoms with van der Waals surface area (Å²) >= 11 is 0. The standard InChI is InChI=1S/C24H28N4O4/c1-30-19-10-11-21(31-2)20(16-19)25-22(29)12-13-23-26-24(27-32-23)17-6-8-18(9-7-17)28-14-4-3-5-15-28/h6-11,16H,3-5,12-15H2,1-2H3,(H,25,29). The number of carbonyl (C=O) groups is 1. The molecule has 1 aliphatic heterocycles. The first-order valence-corrected chi connectivity index (χ1v) is 10.9. The normalized spacial score (nSPS) is 13.6. The Morgan fingerprint density at radius 3 is 2.56 bits per heavy atom. The van der Waals surface area contributed by atoms with E-state index in [-0.39, 0.29) is 12.3 Å². The van der Waals surface area contributed by atoms with Crippen LogP contribution in [0.2, 0.25) is 0 Å². The molecule has 32 heavy (non-hydrogen) atoms. The van der Waals surface area contributed by atoms with Crippen molar-refractivity contribution >= 4 is 17.3 Å². The molecule has 0 radical (unpaired) electrons. The molecule has 0 saturated carbocycles. The summed E-state index contributed by atoms with van der Waals surface area (Å²) < 4.78 is 15.9. The highest BCUT2D eigenvalue weighted by Gasteiger charge is 2.14. The molecular weight excluding hydrogens is 408 g/mol. The lowest BCUT2D eigenvalue weighted by atomic mass is 10.1. The number of carbonyl (C=O) groups excluding carboxylic acids is 1. The van der Waals surface area contributed by atoms with E-state index < -0.39 is 0 Å². The minimum Gasteiger partial charge on any atom is -0.497 e. The zero-order valence-corrected chi connectivity index (χ0v) is 18.5. The average molecular weight is 437 g/mol. The molecule has 4 rings (SSSR count). The Kier molecular flexibility index (Phi) is 6.89. The molecule has 0 unspecified atom stereocenters. The van der Waals surface area contributed by atoms with Crippen LogP contribution < -0.4 is 19.7 Å². The fourth-order valence-electron chi connectivity index (χ4n) is 3.79. The fourth-order valence-corrected chi connectivity index (χ4v) is 3.79. The van der Waals surface area contributed by atoms with Gasteiger partial charge < -0.3 is 24.2 Å². The maximum absolute atomic E-state index is 12.4. The molecule has 1 amide bonds. The maximum atomic E-state index is 12.4. The quantitative estimate of drug-likeness (QED) is 0.563. The van der Waals surface area contributed by atoms with Crippen molar-refractivity contribution in [2.45, 2.75) is 32.1 Å². The fraction of sp³-hybridized carbons (Fsp3) is 0.375. The number of nitrogens with one attached hydrogen (secondary N) is 1. The van der Waals surface area contributed by atoms with Gasteiger partial charge in [-0.25, -0.2) is 0 Å². The van der Waals surface area contributed by atoms with E-state index in [4.69, 9.17) is 14.0 Å². The topological polar surface area (TPSA) is 89.7 Å². The van der Waals surface area contributed by atoms with E-state index in [1.807, 2.05) is 12.1 Å². The van der Waals surface area contributed by atoms with Gasteiger partial charge in [0.2, 0.25) is 17.6 Å². The number of aromatic nitrogens is 2. The Hall–Kier alpha value is -3.55. The number of rotatable bonds is 8. The molecule has 1 N–H and O–H groups in total. The van der Waals surface area contributed by atoms with Crippen molar-refractivity contribution in [2.24, 2.45) is 0 Å². The monoisotopic (exact) mass is 436 g/mol. The summed E-state index contributed by atoms with van der Waals surface area (Å²) in [5, 5.41) is 6.92. The molecule has 0 spiro atoms. The van der Waals surface area contributed by atoms with Crippen LogP contribution in [0.4, 0.5) is 11.4 Å². The van der Waals surface area contributed by atoms with Gasteiger partial charge in [-0.05, 0) is 55.7 Å². The van der Waals surface area contributed by atoms with Crippen molar-refractivity contribution in [2.75, 3.05) is 37.5 Å². The van der Waals surface area contributed by atoms with Gasteiger partial charge in [0.05, 0.1) is 19.9 Å². The second-order valence-corrected chi connectivity index (χ2v) is 7.72. The predicted molar refractivity (Wildman–Crippen MR) is 122 cm³/mol. The summed E-state index contributed by atoms with van der Waals surface area (Å²) in [7, 11) is 3.12. The van der Waals surface area contributed by atoms with E-state index in [0.717, 1.165) is 18.7 Å². The van der Waals surface area contributed by atoms with Crippen LogP contribution >= 0.6 is 0 Å². The van der Waals surface area contributed by atoms with Crippen molar-refractivity contribution < 1.29 is 18.8 Å². The molecule has 1 aromatic heterocycles. The largest absolute Gasteiger partial charge is 0.497 e. The van der Waals surface area contributed by atoms with Gasteiger partial charge in [0.25, 0.3) is 0 Å². The summed E-state index contributed by atoms with van der Waals surface area (Å²) in [4.78, 5) is 19.3. The highest BCUT2D eigenvalue weighted by molar-refractivity contribution is 5.92. The number of amides is 1. The molecule has 8 nitrogen and oxygen atoms in total. The van der Waals surface area contributed by atoms with Gasteiger partial charge in [0, 0.05) is 43.2 Å². The smallest absolute Gasteiger partial charge is 0.227 e. The molecule has 1 saturated heterocycles. The van der Waals surface area contributed by atoms with Gasteiger partial charge in [-0.2, -0.15) is 4.98 Å². The lowest BCUT2D eigenvalue weighted by Crippen LogP contribution is -2.29. The number of hydrogen-bond acceptors (Lipinski definition) is 7. The summed E-state index contributed by atoms with van der Waals surface area (Å²) in [6.45, 7) is 2.21. The second kappa shape index (κ2) is 10.2. The minimum absolute atomic E-state index is 0.179. The first-order valence-electron chi connectivity index (χ1n) is 10.9. The Morgan fingerprint density at radius 1 is 1.06 bits per heavy atom. The number of aryl methyl sites for hydroxylation is 1. The molecule has 2 heterocycles. The van der Waals surface area contributed by atoms with Crippen LogP contribution in [0.15, 0.2) is 47.0 Å². The van der Waals surface area contributed by atoms with Crippen molar-refractivity contribution in [3.63, 3.8) is 0 Å². The number of piperidine rings is 1. The van der Waals surface area contributed by atoms with Crippen LogP contribution in [-0.4, -0.2) is 43.4 Å². The number of nitrogens with zero attached hydrogens (tertiary/aromatic N) is 3. The van der Waals surface area contributed by atoms with Gasteiger partial charge in [-0.3, -0.25) is 4.79 Å². The summed E-state index contributed by atoms with van der Waals surface area (Å²) in [6, 6.07) is 13.5. The van der Waals surface area contributed by atoms with Gasteiger partial charge in [0.15, 0.2) is 0 Å². The Morgan fingerprint density at radius 2 is 1.84 bits per heavy atom. The van der Waals surface area contributed by atoms with Gasteiger partial charge in [-0.1, -0.05) is 5.16 Å². The number of methoxy groups -OCH3 is 2. The summed E-state index contributed by atoms with van der Waals surface area (Å²) in [5.41, 5.74) is 2.67. The van der Waals surface area contributed by atoms with Gasteiger partial charge in [-0.15, -0.1) is 0 Å². The highest BCUT2D eigenvalue weighted by Crippen LogP contribution is 2.29. The van der Waals surface area contributed by atoms with Crippen molar-refractivity contribution in [3.05, 3.63) is 48.4 Å². The zero-order chi connectivity index (χ0) is 22.3. The van der Waals surface area contributed by atoms with Crippen LogP contribution in [0, 0.1) is 0 Å². The van der Waals surface area contributed by atoms with E-state index in [1.165, 1.54) is 24.9 Å². The lowest BCUT2D eigenvalue weighted by molar-refractivity contribution is -0.116. The third-order valence-corrected chi connectivity index (χ3v) is 5.56. The Labute approximate surface area is 187 Å². The first kappa shape index (κ1) is 21.7. The van der Waals surface area contributed by atoms with E-state index in [9.17, 15) is 4.79 Å². The predicted octanol–water partition coefficient (Wildman–Crippen LogP) is 4.32. The Balaban J connectivity index is 1.34. The van der Waals surface area contributed by atoms with Crippen LogP contribution in [0.3, 0.4) is 0 Å². The third-order valence-electron chi connectivity index (χ3n) is 5.56. The lowest BCUT2D eigenvalue weighted by Gasteiger charge is -2.28. The molecular formula is C24H28N4O4. The van der Waals surface area contributed by atoms with Gasteiger partial charge in [0.1, 0.15) is 11.5 Å². The molecule has 1 fully saturated rings. The molecule has 0 bridgehead atoms. The van der Waals surface area contributed by atoms with Gasteiger partial charge >= 0.3 is 0 Å². The summed E-state index contributed by atoms with van der Waals surface area (Å²) in [5.74, 6) is 1.97. The molecule has 2 aromatic carbocycles. The van der Waals surface area contributed by atoms with E-state index >= 15 is 0 Å². The molecule has 0 atom stereocenters. The van der Waals surface area contributed by atoms with Crippen LogP contribution in [0.5, 0.6) is 11.5 Å². The number of anilines is 2. The van der Waals surface area contributed by atoms with E-state index in [0.29, 0.717) is 35.3 Å². The van der Waals surface area contributed by atoms with E-state index in [1.54, 1.807) is 32.4 Å². The maximum Gasteiger partial charge on any atom is 0.227 e. The summed E-state index contributed by atoms with van der Waals surface area (Å²) in [6.07, 6.45) is 4.35. The number of hydrogen-bond donors (Lipinski definition) is 1. The third kappa shape index (κ3) is 5.19. The van der Waals surface area contributed by atoms with Crippen molar-refractivity contribution in [1.82, 2.24) is 10.1 Å². The molecule has 8 heteroatoms. The Bertz CT molecular complexity index is 1040. The van der Waals surface area contributed by atoms with Crippen LogP contribution in [0.1, 0.15) is 31.6 Å². The zero-order valence-electron chi connectivity index (χ0n) is 18.5. The average Bonchev–Trinajstić information content (AvgIpc) is 3.32. The molecule has 3 aromatic rings. The number of benzene rings is 2.